The standard InChI is InChI=1S/C34H24Cl4N6O2S2/c35-21-11-13-25(27(37)17-21)29(45)19-47-33-41-39-31(43(33)23-7-3-1-4-8-23)15-16-32-40-42-34(44(32)24-9-5-2-6-10-24)48-20-30(46)26-14-12-22(36)18-28(26)38/h1-14,17-18H,15-16,19-20H2. The monoisotopic (exact) mass is 752 g/mol. The van der Waals surface area contributed by atoms with Crippen molar-refractivity contribution >= 4 is 81.5 Å². The summed E-state index contributed by atoms with van der Waals surface area (Å²) in [6, 6.07) is 29.0. The van der Waals surface area contributed by atoms with Crippen molar-refractivity contribution in [1.82, 2.24) is 29.5 Å². The van der Waals surface area contributed by atoms with Gasteiger partial charge in [-0.2, -0.15) is 0 Å². The van der Waals surface area contributed by atoms with Gasteiger partial charge in [0, 0.05) is 45.4 Å². The number of carbonyl (C=O) groups excluding carboxylic acids is 2. The molecule has 4 aromatic carbocycles. The zero-order valence-electron chi connectivity index (χ0n) is 24.9. The molecule has 0 spiro atoms. The van der Waals surface area contributed by atoms with Gasteiger partial charge in [-0.25, -0.2) is 0 Å². The largest absolute Gasteiger partial charge is 0.293 e. The molecule has 8 nitrogen and oxygen atoms in total. The summed E-state index contributed by atoms with van der Waals surface area (Å²) in [6.45, 7) is 0. The van der Waals surface area contributed by atoms with Crippen LogP contribution < -0.4 is 0 Å². The SMILES string of the molecule is O=C(CSc1nnc(CCc2nnc(SCC(=O)c3ccc(Cl)cc3Cl)n2-c2ccccc2)n1-c1ccccc1)c1ccc(Cl)cc1Cl. The first kappa shape index (κ1) is 34.2. The van der Waals surface area contributed by atoms with Crippen LogP contribution in [-0.4, -0.2) is 52.6 Å². The maximum absolute atomic E-state index is 13.0. The van der Waals surface area contributed by atoms with Crippen LogP contribution in [0.2, 0.25) is 20.1 Å². The fraction of sp³-hybridized carbons (Fsp3) is 0.118. The number of ketones is 2. The molecule has 0 saturated heterocycles. The van der Waals surface area contributed by atoms with E-state index in [-0.39, 0.29) is 23.1 Å². The van der Waals surface area contributed by atoms with E-state index >= 15 is 0 Å². The van der Waals surface area contributed by atoms with E-state index in [1.165, 1.54) is 23.5 Å². The van der Waals surface area contributed by atoms with Gasteiger partial charge in [-0.1, -0.05) is 106 Å². The highest BCUT2D eigenvalue weighted by Crippen LogP contribution is 2.29. The molecule has 6 aromatic rings. The first-order valence-corrected chi connectivity index (χ1v) is 18.0. The minimum absolute atomic E-state index is 0.106. The predicted octanol–water partition coefficient (Wildman–Crippen LogP) is 9.20. The zero-order chi connectivity index (χ0) is 33.6. The lowest BCUT2D eigenvalue weighted by atomic mass is 10.1. The molecule has 2 aromatic heterocycles. The van der Waals surface area contributed by atoms with E-state index in [1.807, 2.05) is 69.8 Å². The topological polar surface area (TPSA) is 95.6 Å². The number of thioether (sulfide) groups is 2. The molecule has 14 heteroatoms. The number of rotatable bonds is 13. The zero-order valence-corrected chi connectivity index (χ0v) is 29.6. The number of hydrogen-bond donors (Lipinski definition) is 0. The van der Waals surface area contributed by atoms with E-state index in [1.54, 1.807) is 36.4 Å². The molecule has 0 unspecified atom stereocenters. The molecule has 6 rings (SSSR count). The first-order valence-electron chi connectivity index (χ1n) is 14.5. The third-order valence-electron chi connectivity index (χ3n) is 7.13. The molecule has 242 valence electrons. The molecule has 0 radical (unpaired) electrons. The Morgan fingerprint density at radius 2 is 0.938 bits per heavy atom. The minimum atomic E-state index is -0.149. The molecule has 48 heavy (non-hydrogen) atoms. The van der Waals surface area contributed by atoms with Crippen LogP contribution >= 0.6 is 69.9 Å². The lowest BCUT2D eigenvalue weighted by Crippen LogP contribution is -2.09. The van der Waals surface area contributed by atoms with Gasteiger partial charge >= 0.3 is 0 Å². The van der Waals surface area contributed by atoms with Crippen LogP contribution in [0.3, 0.4) is 0 Å². The van der Waals surface area contributed by atoms with Crippen LogP contribution in [0.4, 0.5) is 0 Å². The maximum Gasteiger partial charge on any atom is 0.196 e. The molecule has 0 aliphatic rings. The normalized spacial score (nSPS) is 11.2. The van der Waals surface area contributed by atoms with Crippen LogP contribution in [0.1, 0.15) is 32.4 Å². The highest BCUT2D eigenvalue weighted by atomic mass is 35.5. The second-order valence-electron chi connectivity index (χ2n) is 10.3. The Kier molecular flexibility index (Phi) is 11.2. The first-order chi connectivity index (χ1) is 23.3. The molecule has 0 saturated carbocycles. The molecule has 0 aliphatic carbocycles. The number of carbonyl (C=O) groups is 2. The summed E-state index contributed by atoms with van der Waals surface area (Å²) in [5.74, 6) is 1.28. The van der Waals surface area contributed by atoms with E-state index in [0.29, 0.717) is 66.0 Å². The number of nitrogens with zero attached hydrogens (tertiary/aromatic N) is 6. The van der Waals surface area contributed by atoms with Gasteiger partial charge in [0.05, 0.1) is 21.6 Å². The van der Waals surface area contributed by atoms with E-state index in [4.69, 9.17) is 46.4 Å². The number of benzene rings is 4. The van der Waals surface area contributed by atoms with Crippen molar-refractivity contribution in [2.45, 2.75) is 23.2 Å². The molecule has 0 amide bonds. The fourth-order valence-corrected chi connectivity index (χ4v) is 7.59. The quantitative estimate of drug-likeness (QED) is 0.0852. The molecule has 0 atom stereocenters. The summed E-state index contributed by atoms with van der Waals surface area (Å²) in [4.78, 5) is 26.1. The van der Waals surface area contributed by atoms with Crippen LogP contribution in [0.5, 0.6) is 0 Å². The minimum Gasteiger partial charge on any atom is -0.293 e. The molecule has 0 bridgehead atoms. The van der Waals surface area contributed by atoms with Crippen molar-refractivity contribution < 1.29 is 9.59 Å². The maximum atomic E-state index is 13.0. The van der Waals surface area contributed by atoms with Crippen molar-refractivity contribution in [3.8, 4) is 11.4 Å². The van der Waals surface area contributed by atoms with Gasteiger partial charge in [-0.3, -0.25) is 18.7 Å². The molecular weight excluding hydrogens is 730 g/mol. The second kappa shape index (κ2) is 15.7. The summed E-state index contributed by atoms with van der Waals surface area (Å²) in [6.07, 6.45) is 0.933. The van der Waals surface area contributed by atoms with Gasteiger partial charge in [-0.05, 0) is 60.7 Å². The Morgan fingerprint density at radius 3 is 1.31 bits per heavy atom. The van der Waals surface area contributed by atoms with E-state index in [9.17, 15) is 9.59 Å². The number of halogens is 4. The Hall–Kier alpha value is -3.64. The van der Waals surface area contributed by atoms with Crippen LogP contribution in [0.25, 0.3) is 11.4 Å². The van der Waals surface area contributed by atoms with E-state index in [2.05, 4.69) is 20.4 Å². The predicted molar refractivity (Wildman–Crippen MR) is 193 cm³/mol. The Morgan fingerprint density at radius 1 is 0.542 bits per heavy atom. The summed E-state index contributed by atoms with van der Waals surface area (Å²) in [5, 5.41) is 20.6. The van der Waals surface area contributed by atoms with E-state index < -0.39 is 0 Å². The highest BCUT2D eigenvalue weighted by molar-refractivity contribution is 8.00. The lowest BCUT2D eigenvalue weighted by molar-refractivity contribution is 0.101. The van der Waals surface area contributed by atoms with Crippen LogP contribution in [-0.2, 0) is 12.8 Å². The summed E-state index contributed by atoms with van der Waals surface area (Å²) in [7, 11) is 0. The number of aryl methyl sites for hydroxylation is 2. The molecule has 2 heterocycles. The summed E-state index contributed by atoms with van der Waals surface area (Å²) in [5.41, 5.74) is 2.51. The summed E-state index contributed by atoms with van der Waals surface area (Å²) < 4.78 is 3.88. The number of Topliss-reactive ketones (excluding diaryl/α,β-unsaturated/α-hetero) is 2. The molecule has 0 fully saturated rings. The van der Waals surface area contributed by atoms with Crippen molar-refractivity contribution in [3.05, 3.63) is 140 Å². The van der Waals surface area contributed by atoms with Crippen LogP contribution in [0.15, 0.2) is 107 Å². The van der Waals surface area contributed by atoms with Gasteiger partial charge in [0.25, 0.3) is 0 Å². The van der Waals surface area contributed by atoms with E-state index in [0.717, 1.165) is 11.4 Å². The second-order valence-corrected chi connectivity index (χ2v) is 13.9. The highest BCUT2D eigenvalue weighted by Gasteiger charge is 2.21. The number of para-hydroxylation sites is 2. The third kappa shape index (κ3) is 7.97. The smallest absolute Gasteiger partial charge is 0.196 e. The Balaban J connectivity index is 1.24. The van der Waals surface area contributed by atoms with Gasteiger partial charge in [0.15, 0.2) is 21.9 Å². The van der Waals surface area contributed by atoms with Gasteiger partial charge in [-0.15, -0.1) is 20.4 Å². The average Bonchev–Trinajstić information content (AvgIpc) is 3.69. The van der Waals surface area contributed by atoms with Crippen molar-refractivity contribution in [2.75, 3.05) is 11.5 Å². The van der Waals surface area contributed by atoms with Gasteiger partial charge in [0.1, 0.15) is 11.6 Å². The van der Waals surface area contributed by atoms with Crippen LogP contribution in [0, 0.1) is 0 Å². The third-order valence-corrected chi connectivity index (χ3v) is 10.1. The van der Waals surface area contributed by atoms with Crippen molar-refractivity contribution in [2.24, 2.45) is 0 Å². The summed E-state index contributed by atoms with van der Waals surface area (Å²) >= 11 is 27.1. The van der Waals surface area contributed by atoms with Crippen molar-refractivity contribution in [3.63, 3.8) is 0 Å². The Labute approximate surface area is 304 Å². The van der Waals surface area contributed by atoms with Gasteiger partial charge < -0.3 is 0 Å². The average molecular weight is 755 g/mol. The van der Waals surface area contributed by atoms with Crippen molar-refractivity contribution in [1.29, 1.82) is 0 Å². The van der Waals surface area contributed by atoms with Gasteiger partial charge in [0.2, 0.25) is 0 Å². The Bertz CT molecular complexity index is 1940. The molecule has 0 aliphatic heterocycles. The molecule has 0 N–H and O–H groups in total. The fourth-order valence-electron chi connectivity index (χ4n) is 4.85. The number of aromatic nitrogens is 6. The molecular formula is C34H24Cl4N6O2S2. The number of hydrogen-bond acceptors (Lipinski definition) is 8. The lowest BCUT2D eigenvalue weighted by Gasteiger charge is -2.12.